The Labute approximate surface area is 159 Å². The first kappa shape index (κ1) is 17.6. The van der Waals surface area contributed by atoms with Gasteiger partial charge in [-0.15, -0.1) is 0 Å². The fourth-order valence-corrected chi connectivity index (χ4v) is 3.93. The molecule has 2 aromatic rings. The molecule has 0 N–H and O–H groups in total. The predicted octanol–water partition coefficient (Wildman–Crippen LogP) is 2.90. The number of hydrogen-bond acceptors (Lipinski definition) is 5. The SMILES string of the molecule is COc1cc2c(cc1OC)CN(C(=O)c1cc(N3CCCC3)ccn1)CC2. The summed E-state index contributed by atoms with van der Waals surface area (Å²) in [4.78, 5) is 21.6. The number of hydrogen-bond donors (Lipinski definition) is 0. The highest BCUT2D eigenvalue weighted by atomic mass is 16.5. The molecule has 1 aromatic heterocycles. The van der Waals surface area contributed by atoms with E-state index < -0.39 is 0 Å². The standard InChI is InChI=1S/C21H25N3O3/c1-26-19-11-15-6-10-24(14-16(15)12-20(19)27-2)21(25)18-13-17(5-7-22-18)23-8-3-4-9-23/h5,7,11-13H,3-4,6,8-10,14H2,1-2H3. The van der Waals surface area contributed by atoms with Crippen LogP contribution in [0.15, 0.2) is 30.5 Å². The molecule has 2 aliphatic rings. The van der Waals surface area contributed by atoms with Crippen molar-refractivity contribution in [2.75, 3.05) is 38.8 Å². The molecule has 4 rings (SSSR count). The third-order valence-electron chi connectivity index (χ3n) is 5.44. The number of pyridine rings is 1. The molecule has 1 aromatic carbocycles. The lowest BCUT2D eigenvalue weighted by atomic mass is 9.98. The van der Waals surface area contributed by atoms with E-state index in [2.05, 4.69) is 9.88 Å². The Hall–Kier alpha value is -2.76. The quantitative estimate of drug-likeness (QED) is 0.832. The van der Waals surface area contributed by atoms with E-state index in [0.717, 1.165) is 36.5 Å². The van der Waals surface area contributed by atoms with E-state index in [4.69, 9.17) is 9.47 Å². The second-order valence-electron chi connectivity index (χ2n) is 7.05. The predicted molar refractivity (Wildman–Crippen MR) is 104 cm³/mol. The lowest BCUT2D eigenvalue weighted by Gasteiger charge is -2.29. The zero-order chi connectivity index (χ0) is 18.8. The van der Waals surface area contributed by atoms with E-state index in [-0.39, 0.29) is 5.91 Å². The molecular weight excluding hydrogens is 342 g/mol. The largest absolute Gasteiger partial charge is 0.493 e. The van der Waals surface area contributed by atoms with E-state index in [9.17, 15) is 4.79 Å². The number of fused-ring (bicyclic) bond motifs is 1. The van der Waals surface area contributed by atoms with Gasteiger partial charge in [-0.1, -0.05) is 0 Å². The fraction of sp³-hybridized carbons (Fsp3) is 0.429. The van der Waals surface area contributed by atoms with E-state index in [0.29, 0.717) is 24.5 Å². The summed E-state index contributed by atoms with van der Waals surface area (Å²) < 4.78 is 10.8. The maximum absolute atomic E-state index is 13.0. The topological polar surface area (TPSA) is 54.9 Å². The molecule has 0 spiro atoms. The van der Waals surface area contributed by atoms with Crippen molar-refractivity contribution in [3.8, 4) is 11.5 Å². The van der Waals surface area contributed by atoms with Crippen molar-refractivity contribution in [2.45, 2.75) is 25.8 Å². The third-order valence-corrected chi connectivity index (χ3v) is 5.44. The lowest BCUT2D eigenvalue weighted by molar-refractivity contribution is 0.0728. The molecule has 1 fully saturated rings. The highest BCUT2D eigenvalue weighted by molar-refractivity contribution is 5.93. The lowest BCUT2D eigenvalue weighted by Crippen LogP contribution is -2.36. The molecule has 6 heteroatoms. The Morgan fingerprint density at radius 3 is 2.41 bits per heavy atom. The van der Waals surface area contributed by atoms with Crippen LogP contribution in [-0.4, -0.2) is 49.6 Å². The van der Waals surface area contributed by atoms with Crippen LogP contribution in [0.25, 0.3) is 0 Å². The first-order valence-corrected chi connectivity index (χ1v) is 9.43. The van der Waals surface area contributed by atoms with Crippen molar-refractivity contribution in [1.82, 2.24) is 9.88 Å². The van der Waals surface area contributed by atoms with Gasteiger partial charge in [0.2, 0.25) is 0 Å². The molecular formula is C21H25N3O3. The molecule has 0 saturated carbocycles. The summed E-state index contributed by atoms with van der Waals surface area (Å²) in [6.07, 6.45) is 4.96. The van der Waals surface area contributed by atoms with Crippen LogP contribution in [0.5, 0.6) is 11.5 Å². The second kappa shape index (κ2) is 7.47. The molecule has 27 heavy (non-hydrogen) atoms. The van der Waals surface area contributed by atoms with Gasteiger partial charge in [-0.3, -0.25) is 9.78 Å². The van der Waals surface area contributed by atoms with Crippen molar-refractivity contribution in [2.24, 2.45) is 0 Å². The Bertz CT molecular complexity index is 847. The smallest absolute Gasteiger partial charge is 0.272 e. The number of carbonyl (C=O) groups is 1. The van der Waals surface area contributed by atoms with Gasteiger partial charge in [0.05, 0.1) is 14.2 Å². The minimum atomic E-state index is -0.0171. The second-order valence-corrected chi connectivity index (χ2v) is 7.05. The molecule has 1 saturated heterocycles. The van der Waals surface area contributed by atoms with Gasteiger partial charge < -0.3 is 19.3 Å². The van der Waals surface area contributed by atoms with Crippen LogP contribution in [0, 0.1) is 0 Å². The van der Waals surface area contributed by atoms with E-state index >= 15 is 0 Å². The summed E-state index contributed by atoms with van der Waals surface area (Å²) in [6.45, 7) is 3.34. The summed E-state index contributed by atoms with van der Waals surface area (Å²) in [7, 11) is 3.27. The van der Waals surface area contributed by atoms with E-state index in [1.807, 2.05) is 29.2 Å². The first-order valence-electron chi connectivity index (χ1n) is 9.43. The van der Waals surface area contributed by atoms with Crippen LogP contribution in [0.1, 0.15) is 34.5 Å². The van der Waals surface area contributed by atoms with Crippen LogP contribution >= 0.6 is 0 Å². The van der Waals surface area contributed by atoms with Crippen LogP contribution in [0.3, 0.4) is 0 Å². The van der Waals surface area contributed by atoms with Gasteiger partial charge in [0, 0.05) is 38.1 Å². The summed E-state index contributed by atoms with van der Waals surface area (Å²) >= 11 is 0. The van der Waals surface area contributed by atoms with Crippen molar-refractivity contribution in [3.63, 3.8) is 0 Å². The summed E-state index contributed by atoms with van der Waals surface area (Å²) in [5, 5.41) is 0. The molecule has 0 radical (unpaired) electrons. The summed E-state index contributed by atoms with van der Waals surface area (Å²) in [6, 6.07) is 7.91. The van der Waals surface area contributed by atoms with Crippen molar-refractivity contribution in [1.29, 1.82) is 0 Å². The first-order chi connectivity index (χ1) is 13.2. The van der Waals surface area contributed by atoms with Crippen LogP contribution < -0.4 is 14.4 Å². The van der Waals surface area contributed by atoms with Gasteiger partial charge in [0.25, 0.3) is 5.91 Å². The van der Waals surface area contributed by atoms with Gasteiger partial charge in [-0.05, 0) is 54.7 Å². The number of rotatable bonds is 4. The zero-order valence-corrected chi connectivity index (χ0v) is 15.9. The van der Waals surface area contributed by atoms with Crippen molar-refractivity contribution >= 4 is 11.6 Å². The number of aromatic nitrogens is 1. The minimum Gasteiger partial charge on any atom is -0.493 e. The molecule has 0 atom stereocenters. The Morgan fingerprint density at radius 2 is 1.70 bits per heavy atom. The number of amides is 1. The molecule has 2 aliphatic heterocycles. The average molecular weight is 367 g/mol. The Kier molecular flexibility index (Phi) is 4.88. The molecule has 0 unspecified atom stereocenters. The van der Waals surface area contributed by atoms with Gasteiger partial charge in [0.1, 0.15) is 5.69 Å². The van der Waals surface area contributed by atoms with E-state index in [1.165, 1.54) is 18.4 Å². The third kappa shape index (κ3) is 3.44. The highest BCUT2D eigenvalue weighted by Gasteiger charge is 2.25. The molecule has 142 valence electrons. The molecule has 0 aliphatic carbocycles. The number of carbonyl (C=O) groups excluding carboxylic acids is 1. The van der Waals surface area contributed by atoms with Crippen LogP contribution in [-0.2, 0) is 13.0 Å². The average Bonchev–Trinajstić information content (AvgIpc) is 3.26. The van der Waals surface area contributed by atoms with Gasteiger partial charge in [-0.25, -0.2) is 0 Å². The number of ether oxygens (including phenoxy) is 2. The minimum absolute atomic E-state index is 0.0171. The maximum Gasteiger partial charge on any atom is 0.272 e. The monoisotopic (exact) mass is 367 g/mol. The zero-order valence-electron chi connectivity index (χ0n) is 15.9. The Morgan fingerprint density at radius 1 is 1.00 bits per heavy atom. The number of nitrogens with zero attached hydrogens (tertiary/aromatic N) is 3. The van der Waals surface area contributed by atoms with Crippen molar-refractivity contribution < 1.29 is 14.3 Å². The molecule has 1 amide bonds. The summed E-state index contributed by atoms with van der Waals surface area (Å²) in [5.74, 6) is 1.41. The number of methoxy groups -OCH3 is 2. The van der Waals surface area contributed by atoms with Crippen LogP contribution in [0.4, 0.5) is 5.69 Å². The van der Waals surface area contributed by atoms with E-state index in [1.54, 1.807) is 20.4 Å². The fourth-order valence-electron chi connectivity index (χ4n) is 3.93. The van der Waals surface area contributed by atoms with Gasteiger partial charge in [0.15, 0.2) is 11.5 Å². The number of benzene rings is 1. The normalized spacial score (nSPS) is 16.2. The van der Waals surface area contributed by atoms with Gasteiger partial charge >= 0.3 is 0 Å². The van der Waals surface area contributed by atoms with Crippen LogP contribution in [0.2, 0.25) is 0 Å². The highest BCUT2D eigenvalue weighted by Crippen LogP contribution is 2.33. The van der Waals surface area contributed by atoms with Crippen molar-refractivity contribution in [3.05, 3.63) is 47.3 Å². The maximum atomic E-state index is 13.0. The summed E-state index contributed by atoms with van der Waals surface area (Å²) in [5.41, 5.74) is 3.91. The molecule has 0 bridgehead atoms. The molecule has 6 nitrogen and oxygen atoms in total. The molecule has 3 heterocycles. The number of anilines is 1. The van der Waals surface area contributed by atoms with Gasteiger partial charge in [-0.2, -0.15) is 0 Å². The Balaban J connectivity index is 1.55.